The molecule has 0 bridgehead atoms. The lowest BCUT2D eigenvalue weighted by Gasteiger charge is -2.05. The Morgan fingerprint density at radius 3 is 2.56 bits per heavy atom. The number of methoxy groups -OCH3 is 1. The highest BCUT2D eigenvalue weighted by atomic mass is 32.2. The number of ether oxygens (including phenoxy) is 2. The summed E-state index contributed by atoms with van der Waals surface area (Å²) in [7, 11) is 1.59. The summed E-state index contributed by atoms with van der Waals surface area (Å²) in [4.78, 5) is 12.8. The molecule has 0 saturated heterocycles. The first-order valence-electron chi connectivity index (χ1n) is 8.14. The van der Waals surface area contributed by atoms with Crippen molar-refractivity contribution in [3.05, 3.63) is 72.5 Å². The van der Waals surface area contributed by atoms with E-state index in [0.29, 0.717) is 11.5 Å². The van der Waals surface area contributed by atoms with Gasteiger partial charge in [0.15, 0.2) is 11.7 Å². The lowest BCUT2D eigenvalue weighted by molar-refractivity contribution is -0.123. The number of rotatable bonds is 8. The molecule has 0 aliphatic rings. The first kappa shape index (κ1) is 18.6. The van der Waals surface area contributed by atoms with Gasteiger partial charge in [0.1, 0.15) is 17.3 Å². The van der Waals surface area contributed by atoms with Gasteiger partial charge in [-0.3, -0.25) is 4.79 Å². The molecule has 0 aliphatic heterocycles. The third-order valence-electron chi connectivity index (χ3n) is 3.37. The molecule has 1 N–H and O–H groups in total. The van der Waals surface area contributed by atoms with Crippen molar-refractivity contribution in [2.24, 2.45) is 5.10 Å². The predicted octanol–water partition coefficient (Wildman–Crippen LogP) is 3.97. The molecule has 1 aromatic heterocycles. The summed E-state index contributed by atoms with van der Waals surface area (Å²) in [5.74, 6) is 1.47. The molecular formula is C20H18N2O4S. The van der Waals surface area contributed by atoms with E-state index in [-0.39, 0.29) is 12.5 Å². The SMILES string of the molecule is COc1ccc(OCC(=O)NN=Cc2ccc(Sc3ccccc3)o2)cc1. The maximum Gasteiger partial charge on any atom is 0.277 e. The number of carbonyl (C=O) groups is 1. The van der Waals surface area contributed by atoms with E-state index in [1.54, 1.807) is 37.4 Å². The second-order valence-electron chi connectivity index (χ2n) is 5.33. The number of nitrogens with zero attached hydrogens (tertiary/aromatic N) is 1. The molecule has 138 valence electrons. The zero-order chi connectivity index (χ0) is 18.9. The van der Waals surface area contributed by atoms with Gasteiger partial charge in [-0.15, -0.1) is 0 Å². The molecule has 1 heterocycles. The van der Waals surface area contributed by atoms with Crippen LogP contribution in [0.15, 0.2) is 86.2 Å². The summed E-state index contributed by atoms with van der Waals surface area (Å²) in [6.07, 6.45) is 1.44. The molecule has 0 unspecified atom stereocenters. The molecule has 0 saturated carbocycles. The Labute approximate surface area is 161 Å². The fraction of sp³-hybridized carbons (Fsp3) is 0.100. The van der Waals surface area contributed by atoms with Gasteiger partial charge < -0.3 is 13.9 Å². The van der Waals surface area contributed by atoms with Crippen LogP contribution >= 0.6 is 11.8 Å². The van der Waals surface area contributed by atoms with Gasteiger partial charge in [-0.25, -0.2) is 5.43 Å². The fourth-order valence-corrected chi connectivity index (χ4v) is 2.88. The van der Waals surface area contributed by atoms with Crippen LogP contribution in [0, 0.1) is 0 Å². The maximum absolute atomic E-state index is 11.8. The highest BCUT2D eigenvalue weighted by Gasteiger charge is 2.04. The molecule has 0 aliphatic carbocycles. The summed E-state index contributed by atoms with van der Waals surface area (Å²) >= 11 is 1.51. The monoisotopic (exact) mass is 382 g/mol. The molecule has 0 radical (unpaired) electrons. The highest BCUT2D eigenvalue weighted by Crippen LogP contribution is 2.28. The number of hydrazone groups is 1. The first-order valence-corrected chi connectivity index (χ1v) is 8.96. The van der Waals surface area contributed by atoms with Crippen LogP contribution in [0.1, 0.15) is 5.76 Å². The van der Waals surface area contributed by atoms with E-state index < -0.39 is 0 Å². The smallest absolute Gasteiger partial charge is 0.277 e. The molecule has 7 heteroatoms. The van der Waals surface area contributed by atoms with Crippen molar-refractivity contribution in [2.75, 3.05) is 13.7 Å². The third-order valence-corrected chi connectivity index (χ3v) is 4.30. The van der Waals surface area contributed by atoms with Crippen LogP contribution in [0.3, 0.4) is 0 Å². The molecule has 2 aromatic carbocycles. The number of benzene rings is 2. The van der Waals surface area contributed by atoms with E-state index in [2.05, 4.69) is 10.5 Å². The lowest BCUT2D eigenvalue weighted by atomic mass is 10.3. The Balaban J connectivity index is 1.43. The predicted molar refractivity (Wildman–Crippen MR) is 103 cm³/mol. The van der Waals surface area contributed by atoms with Crippen molar-refractivity contribution in [1.82, 2.24) is 5.43 Å². The Morgan fingerprint density at radius 2 is 1.81 bits per heavy atom. The van der Waals surface area contributed by atoms with Crippen molar-refractivity contribution in [1.29, 1.82) is 0 Å². The van der Waals surface area contributed by atoms with Crippen molar-refractivity contribution >= 4 is 23.9 Å². The summed E-state index contributed by atoms with van der Waals surface area (Å²) in [6, 6.07) is 20.5. The average molecular weight is 382 g/mol. The molecule has 3 aromatic rings. The molecule has 0 spiro atoms. The van der Waals surface area contributed by atoms with Crippen LogP contribution < -0.4 is 14.9 Å². The third kappa shape index (κ3) is 5.93. The largest absolute Gasteiger partial charge is 0.497 e. The Hall–Kier alpha value is -3.19. The average Bonchev–Trinajstić information content (AvgIpc) is 3.14. The highest BCUT2D eigenvalue weighted by molar-refractivity contribution is 7.99. The first-order chi connectivity index (χ1) is 13.2. The summed E-state index contributed by atoms with van der Waals surface area (Å²) < 4.78 is 16.1. The van der Waals surface area contributed by atoms with Gasteiger partial charge in [-0.05, 0) is 48.5 Å². The number of hydrogen-bond donors (Lipinski definition) is 1. The van der Waals surface area contributed by atoms with Gasteiger partial charge >= 0.3 is 0 Å². The summed E-state index contributed by atoms with van der Waals surface area (Å²) in [6.45, 7) is -0.142. The molecule has 3 rings (SSSR count). The zero-order valence-electron chi connectivity index (χ0n) is 14.6. The van der Waals surface area contributed by atoms with E-state index in [9.17, 15) is 4.79 Å². The minimum Gasteiger partial charge on any atom is -0.497 e. The van der Waals surface area contributed by atoms with Crippen LogP contribution in [-0.2, 0) is 4.79 Å². The van der Waals surface area contributed by atoms with Crippen LogP contribution in [0.25, 0.3) is 0 Å². The molecule has 0 atom stereocenters. The van der Waals surface area contributed by atoms with Crippen LogP contribution in [0.4, 0.5) is 0 Å². The van der Waals surface area contributed by atoms with Gasteiger partial charge in [0.05, 0.1) is 13.3 Å². The standard InChI is InChI=1S/C20H18N2O4S/c1-24-15-7-9-16(10-8-15)25-14-19(23)22-21-13-17-11-12-20(26-17)27-18-5-3-2-4-6-18/h2-13H,14H2,1H3,(H,22,23). The van der Waals surface area contributed by atoms with Crippen molar-refractivity contribution < 1.29 is 18.7 Å². The van der Waals surface area contributed by atoms with E-state index in [1.165, 1.54) is 18.0 Å². The second-order valence-corrected chi connectivity index (χ2v) is 6.41. The Morgan fingerprint density at radius 1 is 1.07 bits per heavy atom. The van der Waals surface area contributed by atoms with Crippen LogP contribution in [0.2, 0.25) is 0 Å². The lowest BCUT2D eigenvalue weighted by Crippen LogP contribution is -2.24. The number of furan rings is 1. The van der Waals surface area contributed by atoms with E-state index in [0.717, 1.165) is 15.7 Å². The molecule has 0 fully saturated rings. The zero-order valence-corrected chi connectivity index (χ0v) is 15.4. The van der Waals surface area contributed by atoms with Crippen molar-refractivity contribution in [3.8, 4) is 11.5 Å². The van der Waals surface area contributed by atoms with Crippen molar-refractivity contribution in [2.45, 2.75) is 9.99 Å². The van der Waals surface area contributed by atoms with Crippen LogP contribution in [0.5, 0.6) is 11.5 Å². The van der Waals surface area contributed by atoms with Gasteiger partial charge in [0.25, 0.3) is 5.91 Å². The second kappa shape index (κ2) is 9.49. The summed E-state index contributed by atoms with van der Waals surface area (Å²) in [5, 5.41) is 4.62. The normalized spacial score (nSPS) is 10.7. The van der Waals surface area contributed by atoms with E-state index in [1.807, 2.05) is 36.4 Å². The Bertz CT molecular complexity index is 892. The number of carbonyl (C=O) groups excluding carboxylic acids is 1. The van der Waals surface area contributed by atoms with Crippen molar-refractivity contribution in [3.63, 3.8) is 0 Å². The van der Waals surface area contributed by atoms with Gasteiger partial charge in [-0.1, -0.05) is 30.0 Å². The molecule has 6 nitrogen and oxygen atoms in total. The molecular weight excluding hydrogens is 364 g/mol. The van der Waals surface area contributed by atoms with Crippen LogP contribution in [-0.4, -0.2) is 25.8 Å². The minimum absolute atomic E-state index is 0.142. The summed E-state index contributed by atoms with van der Waals surface area (Å²) in [5.41, 5.74) is 2.40. The van der Waals surface area contributed by atoms with E-state index in [4.69, 9.17) is 13.9 Å². The maximum atomic E-state index is 11.8. The molecule has 27 heavy (non-hydrogen) atoms. The van der Waals surface area contributed by atoms with Gasteiger partial charge in [-0.2, -0.15) is 5.10 Å². The number of nitrogens with one attached hydrogen (secondary N) is 1. The quantitative estimate of drug-likeness (QED) is 0.471. The topological polar surface area (TPSA) is 73.1 Å². The molecule has 1 amide bonds. The fourth-order valence-electron chi connectivity index (χ4n) is 2.08. The number of amides is 1. The minimum atomic E-state index is -0.368. The van der Waals surface area contributed by atoms with E-state index >= 15 is 0 Å². The number of hydrogen-bond acceptors (Lipinski definition) is 6. The van der Waals surface area contributed by atoms with Gasteiger partial charge in [0.2, 0.25) is 0 Å². The van der Waals surface area contributed by atoms with Gasteiger partial charge in [0, 0.05) is 4.90 Å². The Kier molecular flexibility index (Phi) is 6.54.